The number of hydrogen-bond donors (Lipinski definition) is 0. The fourth-order valence-corrected chi connectivity index (χ4v) is 1.84. The maximum Gasteiger partial charge on any atom is 0.305 e. The Morgan fingerprint density at radius 1 is 0.636 bits per heavy atom. The second-order valence-corrected chi connectivity index (χ2v) is 5.22. The first-order chi connectivity index (χ1) is 10.8. The average Bonchev–Trinajstić information content (AvgIpc) is 2.51. The predicted molar refractivity (Wildman–Crippen MR) is 87.1 cm³/mol. The lowest BCUT2D eigenvalue weighted by atomic mass is 10.2. The van der Waals surface area contributed by atoms with Gasteiger partial charge in [-0.15, -0.1) is 0 Å². The van der Waals surface area contributed by atoms with Gasteiger partial charge < -0.3 is 18.9 Å². The molecule has 0 saturated carbocycles. The Kier molecular flexibility index (Phi) is 17.9. The van der Waals surface area contributed by atoms with Gasteiger partial charge in [0.15, 0.2) is 0 Å². The second kappa shape index (κ2) is 18.4. The van der Waals surface area contributed by atoms with Gasteiger partial charge in [0.05, 0.1) is 33.0 Å². The molecule has 5 nitrogen and oxygen atoms in total. The monoisotopic (exact) mass is 318 g/mol. The Balaban J connectivity index is 3.01. The molecule has 0 aliphatic rings. The molecule has 0 N–H and O–H groups in total. The van der Waals surface area contributed by atoms with Crippen LogP contribution in [0, 0.1) is 0 Å². The Morgan fingerprint density at radius 2 is 1.18 bits per heavy atom. The van der Waals surface area contributed by atoms with E-state index in [2.05, 4.69) is 6.92 Å². The number of hydrogen-bond acceptors (Lipinski definition) is 5. The van der Waals surface area contributed by atoms with Crippen LogP contribution >= 0.6 is 0 Å². The first-order valence-electron chi connectivity index (χ1n) is 8.70. The molecule has 0 bridgehead atoms. The van der Waals surface area contributed by atoms with E-state index in [1.807, 2.05) is 6.92 Å². The SMILES string of the molecule is CCCCCCCOCCOCCOCCOC(=O)CCC. The highest BCUT2D eigenvalue weighted by Crippen LogP contribution is 2.02. The standard InChI is InChI=1S/C17H34O5/c1-3-5-6-7-8-10-19-11-12-20-13-14-21-15-16-22-17(18)9-4-2/h3-16H2,1-2H3. The number of esters is 1. The van der Waals surface area contributed by atoms with E-state index in [1.165, 1.54) is 25.7 Å². The molecule has 0 aliphatic heterocycles. The molecule has 0 fully saturated rings. The summed E-state index contributed by atoms with van der Waals surface area (Å²) in [5, 5.41) is 0. The fourth-order valence-electron chi connectivity index (χ4n) is 1.84. The molecule has 0 saturated heterocycles. The van der Waals surface area contributed by atoms with Gasteiger partial charge >= 0.3 is 5.97 Å². The van der Waals surface area contributed by atoms with Gasteiger partial charge in [0.25, 0.3) is 0 Å². The summed E-state index contributed by atoms with van der Waals surface area (Å²) in [7, 11) is 0. The van der Waals surface area contributed by atoms with Gasteiger partial charge in [-0.25, -0.2) is 0 Å². The zero-order valence-electron chi connectivity index (χ0n) is 14.4. The highest BCUT2D eigenvalue weighted by Gasteiger charge is 1.99. The molecule has 0 atom stereocenters. The number of ether oxygens (including phenoxy) is 4. The molecule has 0 aromatic heterocycles. The van der Waals surface area contributed by atoms with Crippen molar-refractivity contribution in [3.05, 3.63) is 0 Å². The molecule has 22 heavy (non-hydrogen) atoms. The molecule has 0 unspecified atom stereocenters. The Morgan fingerprint density at radius 3 is 1.77 bits per heavy atom. The third-order valence-corrected chi connectivity index (χ3v) is 3.08. The van der Waals surface area contributed by atoms with E-state index in [-0.39, 0.29) is 5.97 Å². The Bertz CT molecular complexity index is 233. The third kappa shape index (κ3) is 17.4. The summed E-state index contributed by atoms with van der Waals surface area (Å²) < 4.78 is 21.1. The second-order valence-electron chi connectivity index (χ2n) is 5.22. The van der Waals surface area contributed by atoms with E-state index in [0.29, 0.717) is 46.1 Å². The quantitative estimate of drug-likeness (QED) is 0.304. The van der Waals surface area contributed by atoms with Crippen LogP contribution in [-0.2, 0) is 23.7 Å². The number of carbonyl (C=O) groups excluding carboxylic acids is 1. The number of rotatable bonds is 17. The molecule has 0 amide bonds. The van der Waals surface area contributed by atoms with E-state index in [1.54, 1.807) is 0 Å². The molecule has 0 aromatic carbocycles. The van der Waals surface area contributed by atoms with Crippen molar-refractivity contribution in [3.8, 4) is 0 Å². The van der Waals surface area contributed by atoms with Gasteiger partial charge in [-0.1, -0.05) is 39.5 Å². The van der Waals surface area contributed by atoms with Crippen LogP contribution in [0.15, 0.2) is 0 Å². The van der Waals surface area contributed by atoms with E-state index >= 15 is 0 Å². The van der Waals surface area contributed by atoms with Crippen LogP contribution < -0.4 is 0 Å². The molecule has 132 valence electrons. The van der Waals surface area contributed by atoms with Crippen molar-refractivity contribution < 1.29 is 23.7 Å². The van der Waals surface area contributed by atoms with Crippen molar-refractivity contribution in [1.82, 2.24) is 0 Å². The lowest BCUT2D eigenvalue weighted by molar-refractivity contribution is -0.145. The van der Waals surface area contributed by atoms with Crippen molar-refractivity contribution >= 4 is 5.97 Å². The normalized spacial score (nSPS) is 10.8. The fraction of sp³-hybridized carbons (Fsp3) is 0.941. The van der Waals surface area contributed by atoms with Crippen LogP contribution in [0.2, 0.25) is 0 Å². The van der Waals surface area contributed by atoms with Gasteiger partial charge in [0.1, 0.15) is 6.61 Å². The average molecular weight is 318 g/mol. The first-order valence-corrected chi connectivity index (χ1v) is 8.70. The van der Waals surface area contributed by atoms with Crippen LogP contribution in [0.25, 0.3) is 0 Å². The lowest BCUT2D eigenvalue weighted by Crippen LogP contribution is -2.13. The molecule has 0 spiro atoms. The maximum absolute atomic E-state index is 11.1. The minimum Gasteiger partial charge on any atom is -0.463 e. The smallest absolute Gasteiger partial charge is 0.305 e. The van der Waals surface area contributed by atoms with Gasteiger partial charge in [0.2, 0.25) is 0 Å². The van der Waals surface area contributed by atoms with Crippen molar-refractivity contribution in [2.24, 2.45) is 0 Å². The van der Waals surface area contributed by atoms with E-state index < -0.39 is 0 Å². The number of carbonyl (C=O) groups is 1. The Labute approximate surface area is 135 Å². The van der Waals surface area contributed by atoms with Crippen LogP contribution in [0.3, 0.4) is 0 Å². The molecule has 0 aliphatic carbocycles. The van der Waals surface area contributed by atoms with Gasteiger partial charge in [-0.2, -0.15) is 0 Å². The summed E-state index contributed by atoms with van der Waals surface area (Å²) in [6, 6.07) is 0. The first kappa shape index (κ1) is 21.4. The number of unbranched alkanes of at least 4 members (excludes halogenated alkanes) is 4. The minimum absolute atomic E-state index is 0.158. The molecule has 5 heteroatoms. The van der Waals surface area contributed by atoms with E-state index in [4.69, 9.17) is 18.9 Å². The third-order valence-electron chi connectivity index (χ3n) is 3.08. The summed E-state index contributed by atoms with van der Waals surface area (Å²) in [5.41, 5.74) is 0. The van der Waals surface area contributed by atoms with Crippen LogP contribution in [0.1, 0.15) is 58.8 Å². The van der Waals surface area contributed by atoms with Crippen molar-refractivity contribution in [1.29, 1.82) is 0 Å². The van der Waals surface area contributed by atoms with E-state index in [0.717, 1.165) is 19.4 Å². The van der Waals surface area contributed by atoms with Gasteiger partial charge in [-0.3, -0.25) is 4.79 Å². The summed E-state index contributed by atoms with van der Waals surface area (Å²) in [4.78, 5) is 11.1. The van der Waals surface area contributed by atoms with E-state index in [9.17, 15) is 4.79 Å². The largest absolute Gasteiger partial charge is 0.463 e. The zero-order valence-corrected chi connectivity index (χ0v) is 14.4. The van der Waals surface area contributed by atoms with Crippen molar-refractivity contribution in [2.45, 2.75) is 58.8 Å². The molecule has 0 heterocycles. The van der Waals surface area contributed by atoms with Crippen LogP contribution in [0.5, 0.6) is 0 Å². The lowest BCUT2D eigenvalue weighted by Gasteiger charge is -2.07. The summed E-state index contributed by atoms with van der Waals surface area (Å²) in [6.07, 6.45) is 7.58. The molecular weight excluding hydrogens is 284 g/mol. The van der Waals surface area contributed by atoms with Crippen LogP contribution in [-0.4, -0.2) is 52.2 Å². The maximum atomic E-state index is 11.1. The highest BCUT2D eigenvalue weighted by molar-refractivity contribution is 5.69. The van der Waals surface area contributed by atoms with Crippen LogP contribution in [0.4, 0.5) is 0 Å². The summed E-state index contributed by atoms with van der Waals surface area (Å²) >= 11 is 0. The molecule has 0 rings (SSSR count). The highest BCUT2D eigenvalue weighted by atomic mass is 16.6. The van der Waals surface area contributed by atoms with Crippen molar-refractivity contribution in [2.75, 3.05) is 46.2 Å². The molecular formula is C17H34O5. The molecule has 0 radical (unpaired) electrons. The van der Waals surface area contributed by atoms with Crippen molar-refractivity contribution in [3.63, 3.8) is 0 Å². The van der Waals surface area contributed by atoms with Gasteiger partial charge in [-0.05, 0) is 12.8 Å². The Hall–Kier alpha value is -0.650. The predicted octanol–water partition coefficient (Wildman–Crippen LogP) is 3.35. The summed E-state index contributed by atoms with van der Waals surface area (Å²) in [5.74, 6) is -0.158. The van der Waals surface area contributed by atoms with Gasteiger partial charge in [0, 0.05) is 13.0 Å². The molecule has 0 aromatic rings. The zero-order chi connectivity index (χ0) is 16.3. The topological polar surface area (TPSA) is 54.0 Å². The summed E-state index contributed by atoms with van der Waals surface area (Å²) in [6.45, 7) is 8.04. The minimum atomic E-state index is -0.158.